The summed E-state index contributed by atoms with van der Waals surface area (Å²) < 4.78 is 1.04. The van der Waals surface area contributed by atoms with E-state index in [0.717, 1.165) is 22.7 Å². The van der Waals surface area contributed by atoms with E-state index in [9.17, 15) is 9.59 Å². The fourth-order valence-corrected chi connectivity index (χ4v) is 2.81. The van der Waals surface area contributed by atoms with Gasteiger partial charge in [-0.1, -0.05) is 47.1 Å². The zero-order valence-corrected chi connectivity index (χ0v) is 14.3. The Morgan fingerprint density at radius 3 is 2.59 bits per heavy atom. The van der Waals surface area contributed by atoms with Gasteiger partial charge in [0.05, 0.1) is 5.56 Å². The van der Waals surface area contributed by atoms with E-state index in [4.69, 9.17) is 0 Å². The first-order valence-corrected chi connectivity index (χ1v) is 7.93. The zero-order chi connectivity index (χ0) is 16.1. The van der Waals surface area contributed by atoms with E-state index in [2.05, 4.69) is 28.9 Å². The molecule has 0 unspecified atom stereocenters. The highest BCUT2D eigenvalue weighted by Crippen LogP contribution is 2.19. The Balaban J connectivity index is 2.23. The van der Waals surface area contributed by atoms with Gasteiger partial charge < -0.3 is 4.90 Å². The molecule has 0 heterocycles. The minimum Gasteiger partial charge on any atom is -0.337 e. The molecule has 0 bridgehead atoms. The van der Waals surface area contributed by atoms with Gasteiger partial charge in [0.1, 0.15) is 0 Å². The summed E-state index contributed by atoms with van der Waals surface area (Å²) in [7, 11) is 1.76. The molecule has 0 N–H and O–H groups in total. The number of carbonyl (C=O) groups excluding carboxylic acids is 2. The molecule has 0 radical (unpaired) electrons. The first-order chi connectivity index (χ1) is 10.6. The lowest BCUT2D eigenvalue weighted by molar-refractivity contribution is 0.0781. The Labute approximate surface area is 139 Å². The molecule has 1 amide bonds. The van der Waals surface area contributed by atoms with Crippen molar-refractivity contribution in [2.75, 3.05) is 7.05 Å². The first-order valence-electron chi connectivity index (χ1n) is 7.13. The van der Waals surface area contributed by atoms with Crippen molar-refractivity contribution in [2.24, 2.45) is 0 Å². The number of hydrogen-bond acceptors (Lipinski definition) is 2. The van der Waals surface area contributed by atoms with Crippen LogP contribution in [0.1, 0.15) is 38.8 Å². The van der Waals surface area contributed by atoms with Crippen LogP contribution in [0.15, 0.2) is 46.9 Å². The molecular weight excluding hydrogens is 342 g/mol. The molecule has 0 saturated heterocycles. The molecule has 3 nitrogen and oxygen atoms in total. The summed E-state index contributed by atoms with van der Waals surface area (Å²) in [6.45, 7) is 2.61. The topological polar surface area (TPSA) is 37.4 Å². The first kappa shape index (κ1) is 16.4. The van der Waals surface area contributed by atoms with Crippen LogP contribution in [0.2, 0.25) is 0 Å². The number of aryl methyl sites for hydroxylation is 1. The molecule has 2 rings (SSSR count). The third-order valence-corrected chi connectivity index (χ3v) is 4.11. The SMILES string of the molecule is CCc1cc(Br)ccc1CN(C)C(=O)c1ccccc1C=O. The van der Waals surface area contributed by atoms with Crippen LogP contribution in [0, 0.1) is 0 Å². The van der Waals surface area contributed by atoms with Gasteiger partial charge in [0, 0.05) is 23.6 Å². The van der Waals surface area contributed by atoms with Crippen LogP contribution >= 0.6 is 15.9 Å². The third-order valence-electron chi connectivity index (χ3n) is 3.62. The number of halogens is 1. The highest BCUT2D eigenvalue weighted by Gasteiger charge is 2.16. The van der Waals surface area contributed by atoms with Crippen LogP contribution < -0.4 is 0 Å². The maximum atomic E-state index is 12.6. The Bertz CT molecular complexity index is 697. The van der Waals surface area contributed by atoms with Crippen molar-refractivity contribution in [1.29, 1.82) is 0 Å². The normalized spacial score (nSPS) is 10.3. The van der Waals surface area contributed by atoms with Crippen LogP contribution in [0.4, 0.5) is 0 Å². The highest BCUT2D eigenvalue weighted by molar-refractivity contribution is 9.10. The predicted molar refractivity (Wildman–Crippen MR) is 91.1 cm³/mol. The number of nitrogens with zero attached hydrogens (tertiary/aromatic N) is 1. The minimum absolute atomic E-state index is 0.146. The second-order valence-corrected chi connectivity index (χ2v) is 6.05. The number of hydrogen-bond donors (Lipinski definition) is 0. The van der Waals surface area contributed by atoms with Gasteiger partial charge in [-0.3, -0.25) is 9.59 Å². The molecule has 2 aromatic rings. The predicted octanol–water partition coefficient (Wildman–Crippen LogP) is 4.10. The van der Waals surface area contributed by atoms with Crippen molar-refractivity contribution < 1.29 is 9.59 Å². The second-order valence-electron chi connectivity index (χ2n) is 5.13. The van der Waals surface area contributed by atoms with E-state index in [0.29, 0.717) is 17.7 Å². The van der Waals surface area contributed by atoms with Gasteiger partial charge in [0.2, 0.25) is 0 Å². The summed E-state index contributed by atoms with van der Waals surface area (Å²) in [6.07, 6.45) is 1.62. The van der Waals surface area contributed by atoms with E-state index in [1.54, 1.807) is 36.2 Å². The monoisotopic (exact) mass is 359 g/mol. The van der Waals surface area contributed by atoms with Crippen molar-refractivity contribution in [3.05, 3.63) is 69.2 Å². The number of benzene rings is 2. The van der Waals surface area contributed by atoms with E-state index in [-0.39, 0.29) is 5.91 Å². The van der Waals surface area contributed by atoms with Gasteiger partial charge in [0.25, 0.3) is 5.91 Å². The van der Waals surface area contributed by atoms with Crippen molar-refractivity contribution in [3.63, 3.8) is 0 Å². The molecule has 0 saturated carbocycles. The van der Waals surface area contributed by atoms with Gasteiger partial charge in [-0.05, 0) is 35.7 Å². The molecule has 22 heavy (non-hydrogen) atoms. The third kappa shape index (κ3) is 3.63. The van der Waals surface area contributed by atoms with Gasteiger partial charge >= 0.3 is 0 Å². The van der Waals surface area contributed by atoms with Gasteiger partial charge in [0.15, 0.2) is 6.29 Å². The summed E-state index contributed by atoms with van der Waals surface area (Å²) in [6, 6.07) is 12.9. The lowest BCUT2D eigenvalue weighted by Gasteiger charge is -2.20. The summed E-state index contributed by atoms with van der Waals surface area (Å²) in [4.78, 5) is 25.3. The number of rotatable bonds is 5. The quantitative estimate of drug-likeness (QED) is 0.753. The summed E-state index contributed by atoms with van der Waals surface area (Å²) in [5.41, 5.74) is 3.18. The van der Waals surface area contributed by atoms with Crippen LogP contribution in [-0.4, -0.2) is 24.1 Å². The number of aldehydes is 1. The molecule has 0 atom stereocenters. The second kappa shape index (κ2) is 7.36. The van der Waals surface area contributed by atoms with E-state index in [1.165, 1.54) is 5.56 Å². The molecule has 0 spiro atoms. The lowest BCUT2D eigenvalue weighted by Crippen LogP contribution is -2.27. The van der Waals surface area contributed by atoms with Crippen molar-refractivity contribution in [1.82, 2.24) is 4.90 Å². The maximum Gasteiger partial charge on any atom is 0.254 e. The van der Waals surface area contributed by atoms with Crippen LogP contribution in [0.25, 0.3) is 0 Å². The molecule has 114 valence electrons. The molecule has 0 fully saturated rings. The van der Waals surface area contributed by atoms with E-state index < -0.39 is 0 Å². The molecule has 0 aliphatic carbocycles. The molecule has 4 heteroatoms. The molecule has 0 aliphatic heterocycles. The van der Waals surface area contributed by atoms with Crippen molar-refractivity contribution in [3.8, 4) is 0 Å². The largest absolute Gasteiger partial charge is 0.337 e. The fourth-order valence-electron chi connectivity index (χ4n) is 2.41. The Hall–Kier alpha value is -1.94. The van der Waals surface area contributed by atoms with Gasteiger partial charge in [-0.2, -0.15) is 0 Å². The summed E-state index contributed by atoms with van der Waals surface area (Å²) >= 11 is 3.47. The lowest BCUT2D eigenvalue weighted by atomic mass is 10.0. The van der Waals surface area contributed by atoms with Gasteiger partial charge in [-0.25, -0.2) is 0 Å². The van der Waals surface area contributed by atoms with Crippen LogP contribution in [-0.2, 0) is 13.0 Å². The summed E-state index contributed by atoms with van der Waals surface area (Å²) in [5.74, 6) is -0.146. The average Bonchev–Trinajstić information content (AvgIpc) is 2.55. The Morgan fingerprint density at radius 2 is 1.91 bits per heavy atom. The molecule has 0 aliphatic rings. The van der Waals surface area contributed by atoms with E-state index >= 15 is 0 Å². The Morgan fingerprint density at radius 1 is 1.18 bits per heavy atom. The molecular formula is C18H18BrNO2. The Kier molecular flexibility index (Phi) is 5.50. The fraction of sp³-hybridized carbons (Fsp3) is 0.222. The number of amides is 1. The minimum atomic E-state index is -0.146. The van der Waals surface area contributed by atoms with E-state index in [1.807, 2.05) is 12.1 Å². The average molecular weight is 360 g/mol. The van der Waals surface area contributed by atoms with Crippen molar-refractivity contribution in [2.45, 2.75) is 19.9 Å². The highest BCUT2D eigenvalue weighted by atomic mass is 79.9. The maximum absolute atomic E-state index is 12.6. The zero-order valence-electron chi connectivity index (χ0n) is 12.7. The summed E-state index contributed by atoms with van der Waals surface area (Å²) in [5, 5.41) is 0. The van der Waals surface area contributed by atoms with Crippen LogP contribution in [0.5, 0.6) is 0 Å². The molecule has 2 aromatic carbocycles. The standard InChI is InChI=1S/C18H18BrNO2/c1-3-13-10-16(19)9-8-14(13)11-20(2)18(22)17-7-5-4-6-15(17)12-21/h4-10,12H,3,11H2,1-2H3. The smallest absolute Gasteiger partial charge is 0.254 e. The van der Waals surface area contributed by atoms with Crippen LogP contribution in [0.3, 0.4) is 0 Å². The number of carbonyl (C=O) groups is 2. The van der Waals surface area contributed by atoms with Crippen molar-refractivity contribution >= 4 is 28.1 Å². The van der Waals surface area contributed by atoms with Gasteiger partial charge in [-0.15, -0.1) is 0 Å². The molecule has 0 aromatic heterocycles.